The summed E-state index contributed by atoms with van der Waals surface area (Å²) >= 11 is 0. The fourth-order valence-electron chi connectivity index (χ4n) is 10.2. The molecule has 0 radical (unpaired) electrons. The van der Waals surface area contributed by atoms with E-state index in [9.17, 15) is 0 Å². The minimum absolute atomic E-state index is 0.0261. The Morgan fingerprint density at radius 3 is 1.77 bits per heavy atom. The highest BCUT2D eigenvalue weighted by molar-refractivity contribution is 5.89. The quantitative estimate of drug-likeness (QED) is 0.181. The molecular formula is C50H42N2. The van der Waals surface area contributed by atoms with Gasteiger partial charge in [0, 0.05) is 27.9 Å². The average Bonchev–Trinajstić information content (AvgIpc) is 3.62. The third-order valence-electron chi connectivity index (χ3n) is 12.9. The monoisotopic (exact) mass is 670 g/mol. The molecule has 1 aromatic heterocycles. The molecule has 0 amide bonds. The van der Waals surface area contributed by atoms with Crippen LogP contribution in [0.15, 0.2) is 170 Å². The number of anilines is 2. The fourth-order valence-corrected chi connectivity index (χ4v) is 10.2. The van der Waals surface area contributed by atoms with Crippen molar-refractivity contribution in [1.82, 2.24) is 4.98 Å². The molecule has 0 N–H and O–H groups in total. The standard InChI is InChI=1S/C50H42N2/c1-48-31-14-15-32-49(48,2)52(39-21-10-5-11-22-39)47-30-28-36(34-44(47)48)46-26-16-25-45(51-46)35-27-29-43-41(33-35)40-23-12-13-24-42(40)50(43,37-17-6-3-7-18-37)38-19-8-4-9-20-38/h3-13,16-30,33-34H,14-15,31-32H2,1-2H3. The summed E-state index contributed by atoms with van der Waals surface area (Å²) in [4.78, 5) is 8.02. The Labute approximate surface area is 307 Å². The zero-order valence-corrected chi connectivity index (χ0v) is 29.9. The molecule has 1 aliphatic heterocycles. The van der Waals surface area contributed by atoms with Gasteiger partial charge in [-0.3, -0.25) is 0 Å². The second-order valence-electron chi connectivity index (χ2n) is 15.4. The minimum Gasteiger partial charge on any atom is -0.334 e. The summed E-state index contributed by atoms with van der Waals surface area (Å²) < 4.78 is 0. The van der Waals surface area contributed by atoms with Gasteiger partial charge in [0.25, 0.3) is 0 Å². The van der Waals surface area contributed by atoms with E-state index in [0.29, 0.717) is 0 Å². The molecule has 1 fully saturated rings. The minimum atomic E-state index is -0.399. The third-order valence-corrected chi connectivity index (χ3v) is 12.9. The van der Waals surface area contributed by atoms with Gasteiger partial charge in [-0.1, -0.05) is 147 Å². The van der Waals surface area contributed by atoms with Gasteiger partial charge in [0.15, 0.2) is 0 Å². The molecule has 0 saturated heterocycles. The number of para-hydroxylation sites is 1. The molecule has 7 aromatic rings. The summed E-state index contributed by atoms with van der Waals surface area (Å²) in [7, 11) is 0. The van der Waals surface area contributed by atoms with E-state index < -0.39 is 5.41 Å². The Morgan fingerprint density at radius 2 is 1.06 bits per heavy atom. The molecule has 52 heavy (non-hydrogen) atoms. The van der Waals surface area contributed by atoms with Gasteiger partial charge >= 0.3 is 0 Å². The number of fused-ring (bicyclic) bond motifs is 6. The topological polar surface area (TPSA) is 16.1 Å². The Balaban J connectivity index is 1.09. The predicted molar refractivity (Wildman–Crippen MR) is 215 cm³/mol. The summed E-state index contributed by atoms with van der Waals surface area (Å²) in [6, 6.07) is 62.6. The van der Waals surface area contributed by atoms with Crippen LogP contribution in [0.2, 0.25) is 0 Å². The summed E-state index contributed by atoms with van der Waals surface area (Å²) in [6.45, 7) is 5.00. The average molecular weight is 671 g/mol. The van der Waals surface area contributed by atoms with Crippen molar-refractivity contribution in [3.05, 3.63) is 198 Å². The normalized spacial score (nSPS) is 20.8. The molecule has 2 heterocycles. The second-order valence-corrected chi connectivity index (χ2v) is 15.4. The van der Waals surface area contributed by atoms with Gasteiger partial charge in [0.2, 0.25) is 0 Å². The van der Waals surface area contributed by atoms with Crippen molar-refractivity contribution in [2.45, 2.75) is 55.9 Å². The van der Waals surface area contributed by atoms with Crippen LogP contribution >= 0.6 is 0 Å². The molecule has 6 aromatic carbocycles. The Morgan fingerprint density at radius 1 is 0.481 bits per heavy atom. The molecule has 0 spiro atoms. The molecular weight excluding hydrogens is 629 g/mol. The van der Waals surface area contributed by atoms with Gasteiger partial charge in [0.05, 0.1) is 22.3 Å². The molecule has 252 valence electrons. The van der Waals surface area contributed by atoms with Gasteiger partial charge in [-0.2, -0.15) is 0 Å². The van der Waals surface area contributed by atoms with Gasteiger partial charge in [-0.15, -0.1) is 0 Å². The summed E-state index contributed by atoms with van der Waals surface area (Å²) in [5.74, 6) is 0. The second kappa shape index (κ2) is 11.6. The van der Waals surface area contributed by atoms with Crippen molar-refractivity contribution in [3.63, 3.8) is 0 Å². The van der Waals surface area contributed by atoms with Crippen LogP contribution in [-0.4, -0.2) is 10.5 Å². The molecule has 3 aliphatic rings. The van der Waals surface area contributed by atoms with Crippen LogP contribution in [0.25, 0.3) is 33.6 Å². The first-order chi connectivity index (χ1) is 25.5. The highest BCUT2D eigenvalue weighted by Crippen LogP contribution is 2.61. The van der Waals surface area contributed by atoms with E-state index in [1.54, 1.807) is 0 Å². The molecule has 0 bridgehead atoms. The highest BCUT2D eigenvalue weighted by atomic mass is 15.3. The van der Waals surface area contributed by atoms with Gasteiger partial charge < -0.3 is 4.90 Å². The Bertz CT molecular complexity index is 2410. The number of hydrogen-bond acceptors (Lipinski definition) is 2. The van der Waals surface area contributed by atoms with Crippen LogP contribution in [0, 0.1) is 0 Å². The van der Waals surface area contributed by atoms with Crippen molar-refractivity contribution in [1.29, 1.82) is 0 Å². The number of aromatic nitrogens is 1. The lowest BCUT2D eigenvalue weighted by Gasteiger charge is -2.50. The number of benzene rings is 6. The van der Waals surface area contributed by atoms with Crippen molar-refractivity contribution in [3.8, 4) is 33.6 Å². The molecule has 2 heteroatoms. The first-order valence-electron chi connectivity index (χ1n) is 18.9. The van der Waals surface area contributed by atoms with Crippen LogP contribution < -0.4 is 4.90 Å². The van der Waals surface area contributed by atoms with Crippen molar-refractivity contribution in [2.75, 3.05) is 4.90 Å². The van der Waals surface area contributed by atoms with E-state index in [1.165, 1.54) is 81.6 Å². The highest BCUT2D eigenvalue weighted by Gasteiger charge is 2.57. The number of pyridine rings is 1. The molecule has 10 rings (SSSR count). The SMILES string of the molecule is CC12CCCCC1(C)N(c1ccccc1)c1ccc(-c3cccc(-c4ccc5c(c4)-c4ccccc4C5(c4ccccc4)c4ccccc4)n3)cc12. The van der Waals surface area contributed by atoms with Crippen LogP contribution in [0.3, 0.4) is 0 Å². The van der Waals surface area contributed by atoms with Gasteiger partial charge in [-0.05, 0) is 101 Å². The summed E-state index contributed by atoms with van der Waals surface area (Å²) in [5, 5.41) is 0. The van der Waals surface area contributed by atoms with Crippen molar-refractivity contribution in [2.24, 2.45) is 0 Å². The first-order valence-corrected chi connectivity index (χ1v) is 18.9. The molecule has 2 unspecified atom stereocenters. The van der Waals surface area contributed by atoms with E-state index in [0.717, 1.165) is 17.0 Å². The maximum atomic E-state index is 5.38. The van der Waals surface area contributed by atoms with Crippen LogP contribution in [0.1, 0.15) is 67.3 Å². The summed E-state index contributed by atoms with van der Waals surface area (Å²) in [5.41, 5.74) is 15.9. The molecule has 1 saturated carbocycles. The van der Waals surface area contributed by atoms with Crippen molar-refractivity contribution >= 4 is 11.4 Å². The lowest BCUT2D eigenvalue weighted by atomic mass is 9.61. The zero-order valence-electron chi connectivity index (χ0n) is 29.9. The van der Waals surface area contributed by atoms with E-state index in [4.69, 9.17) is 4.98 Å². The van der Waals surface area contributed by atoms with E-state index in [2.05, 4.69) is 189 Å². The van der Waals surface area contributed by atoms with E-state index in [-0.39, 0.29) is 11.0 Å². The van der Waals surface area contributed by atoms with E-state index in [1.807, 2.05) is 0 Å². The van der Waals surface area contributed by atoms with E-state index >= 15 is 0 Å². The van der Waals surface area contributed by atoms with Crippen LogP contribution in [0.5, 0.6) is 0 Å². The first kappa shape index (κ1) is 31.0. The number of rotatable bonds is 5. The Kier molecular flexibility index (Phi) is 6.95. The largest absolute Gasteiger partial charge is 0.334 e. The Hall–Kier alpha value is -5.73. The predicted octanol–water partition coefficient (Wildman–Crippen LogP) is 12.5. The maximum Gasteiger partial charge on any atom is 0.0713 e. The van der Waals surface area contributed by atoms with Crippen molar-refractivity contribution < 1.29 is 0 Å². The fraction of sp³-hybridized carbons (Fsp3) is 0.180. The number of hydrogen-bond donors (Lipinski definition) is 0. The third kappa shape index (κ3) is 4.27. The van der Waals surface area contributed by atoms with Crippen LogP contribution in [-0.2, 0) is 10.8 Å². The molecule has 2 atom stereocenters. The molecule has 2 nitrogen and oxygen atoms in total. The number of nitrogens with zero attached hydrogens (tertiary/aromatic N) is 2. The maximum absolute atomic E-state index is 5.38. The van der Waals surface area contributed by atoms with Gasteiger partial charge in [-0.25, -0.2) is 4.98 Å². The van der Waals surface area contributed by atoms with Crippen LogP contribution in [0.4, 0.5) is 11.4 Å². The smallest absolute Gasteiger partial charge is 0.0713 e. The lowest BCUT2D eigenvalue weighted by molar-refractivity contribution is 0.195. The lowest BCUT2D eigenvalue weighted by Crippen LogP contribution is -2.54. The molecule has 2 aliphatic carbocycles. The summed E-state index contributed by atoms with van der Waals surface area (Å²) in [6.07, 6.45) is 4.92. The van der Waals surface area contributed by atoms with Gasteiger partial charge in [0.1, 0.15) is 0 Å². The zero-order chi connectivity index (χ0) is 34.9.